The number of hydrogen-bond donors (Lipinski definition) is 1. The molecule has 0 aliphatic heterocycles. The van der Waals surface area contributed by atoms with Crippen LogP contribution in [0, 0.1) is 12.3 Å². The summed E-state index contributed by atoms with van der Waals surface area (Å²) in [5.41, 5.74) is 0. The summed E-state index contributed by atoms with van der Waals surface area (Å²) in [5, 5.41) is 3.13. The number of nitrogens with one attached hydrogen (secondary N) is 1. The molecular formula is C11H13N3. The van der Waals surface area contributed by atoms with Gasteiger partial charge in [0.15, 0.2) is 0 Å². The van der Waals surface area contributed by atoms with Crippen LogP contribution in [0.2, 0.25) is 0 Å². The average Bonchev–Trinajstić information content (AvgIpc) is 3.01. The molecule has 2 rings (SSSR count). The lowest BCUT2D eigenvalue weighted by Gasteiger charge is -2.08. The van der Waals surface area contributed by atoms with E-state index < -0.39 is 0 Å². The largest absolute Gasteiger partial charge is 0.357 e. The molecule has 3 heteroatoms. The van der Waals surface area contributed by atoms with Crippen LogP contribution in [0.25, 0.3) is 0 Å². The van der Waals surface area contributed by atoms with Gasteiger partial charge in [-0.25, -0.2) is 9.97 Å². The lowest BCUT2D eigenvalue weighted by molar-refractivity contribution is 0.911. The third kappa shape index (κ3) is 2.02. The Kier molecular flexibility index (Phi) is 2.36. The maximum atomic E-state index is 5.27. The van der Waals surface area contributed by atoms with Gasteiger partial charge in [0.2, 0.25) is 0 Å². The van der Waals surface area contributed by atoms with Crippen LogP contribution >= 0.6 is 0 Å². The average molecular weight is 187 g/mol. The summed E-state index contributed by atoms with van der Waals surface area (Å²) in [6.07, 6.45) is 9.49. The number of nitrogens with zero attached hydrogens (tertiary/aromatic N) is 2. The zero-order valence-corrected chi connectivity index (χ0v) is 8.20. The molecule has 72 valence electrons. The molecule has 0 amide bonds. The Morgan fingerprint density at radius 2 is 2.43 bits per heavy atom. The molecule has 1 saturated carbocycles. The molecule has 1 unspecified atom stereocenters. The highest BCUT2D eigenvalue weighted by Gasteiger charge is 2.26. The molecule has 1 fully saturated rings. The summed E-state index contributed by atoms with van der Waals surface area (Å²) in [6, 6.07) is 1.86. The van der Waals surface area contributed by atoms with Gasteiger partial charge in [-0.15, -0.1) is 6.42 Å². The van der Waals surface area contributed by atoms with Crippen molar-refractivity contribution in [2.75, 3.05) is 5.32 Å². The molecule has 1 aromatic rings. The van der Waals surface area contributed by atoms with Gasteiger partial charge in [-0.1, -0.05) is 5.92 Å². The summed E-state index contributed by atoms with van der Waals surface area (Å²) >= 11 is 0. The highest BCUT2D eigenvalue weighted by molar-refractivity contribution is 5.37. The van der Waals surface area contributed by atoms with Gasteiger partial charge in [-0.2, -0.15) is 0 Å². The molecule has 1 aromatic heterocycles. The lowest BCUT2D eigenvalue weighted by Crippen LogP contribution is -2.13. The number of anilines is 1. The first-order valence-electron chi connectivity index (χ1n) is 4.85. The van der Waals surface area contributed by atoms with E-state index in [2.05, 4.69) is 21.2 Å². The number of aromatic nitrogens is 2. The molecule has 1 heterocycles. The molecule has 1 atom stereocenters. The predicted molar refractivity (Wildman–Crippen MR) is 55.9 cm³/mol. The highest BCUT2D eigenvalue weighted by atomic mass is 15.0. The molecule has 1 aliphatic carbocycles. The van der Waals surface area contributed by atoms with Crippen LogP contribution < -0.4 is 5.32 Å². The first-order valence-corrected chi connectivity index (χ1v) is 4.85. The molecule has 1 N–H and O–H groups in total. The lowest BCUT2D eigenvalue weighted by atomic mass is 10.3. The topological polar surface area (TPSA) is 37.8 Å². The fourth-order valence-electron chi connectivity index (χ4n) is 1.26. The van der Waals surface area contributed by atoms with Gasteiger partial charge in [0.25, 0.3) is 0 Å². The highest BCUT2D eigenvalue weighted by Crippen LogP contribution is 2.37. The molecule has 14 heavy (non-hydrogen) atoms. The standard InChI is InChI=1S/C11H13N3/c1-3-8(2)13-10-6-7-12-11(14-10)9-4-5-9/h1,6-9H,4-5H2,2H3,(H,12,13,14). The fraction of sp³-hybridized carbons (Fsp3) is 0.455. The zero-order valence-electron chi connectivity index (χ0n) is 8.20. The Hall–Kier alpha value is -1.56. The Balaban J connectivity index is 2.10. The summed E-state index contributed by atoms with van der Waals surface area (Å²) in [5.74, 6) is 4.96. The monoisotopic (exact) mass is 187 g/mol. The van der Waals surface area contributed by atoms with E-state index in [1.165, 1.54) is 12.8 Å². The fourth-order valence-corrected chi connectivity index (χ4v) is 1.26. The van der Waals surface area contributed by atoms with Crippen LogP contribution in [0.1, 0.15) is 31.5 Å². The molecule has 1 aliphatic rings. The Labute approximate surface area is 84.0 Å². The third-order valence-electron chi connectivity index (χ3n) is 2.23. The van der Waals surface area contributed by atoms with Crippen LogP contribution in [-0.4, -0.2) is 16.0 Å². The number of rotatable bonds is 3. The van der Waals surface area contributed by atoms with Crippen LogP contribution in [0.4, 0.5) is 5.82 Å². The van der Waals surface area contributed by atoms with Crippen LogP contribution in [-0.2, 0) is 0 Å². The first-order chi connectivity index (χ1) is 6.79. The second kappa shape index (κ2) is 3.67. The minimum absolute atomic E-state index is 0.0111. The van der Waals surface area contributed by atoms with Gasteiger partial charge in [0.05, 0.1) is 6.04 Å². The Morgan fingerprint density at radius 1 is 1.64 bits per heavy atom. The molecule has 3 nitrogen and oxygen atoms in total. The van der Waals surface area contributed by atoms with Crippen molar-refractivity contribution >= 4 is 5.82 Å². The van der Waals surface area contributed by atoms with Gasteiger partial charge in [0, 0.05) is 12.1 Å². The van der Waals surface area contributed by atoms with E-state index >= 15 is 0 Å². The summed E-state index contributed by atoms with van der Waals surface area (Å²) < 4.78 is 0. The molecule has 0 spiro atoms. The zero-order chi connectivity index (χ0) is 9.97. The second-order valence-corrected chi connectivity index (χ2v) is 3.61. The van der Waals surface area contributed by atoms with Gasteiger partial charge >= 0.3 is 0 Å². The minimum Gasteiger partial charge on any atom is -0.357 e. The van der Waals surface area contributed by atoms with Crippen LogP contribution in [0.3, 0.4) is 0 Å². The van der Waals surface area contributed by atoms with Gasteiger partial charge in [-0.05, 0) is 25.8 Å². The van der Waals surface area contributed by atoms with Crippen molar-refractivity contribution in [2.45, 2.75) is 31.7 Å². The van der Waals surface area contributed by atoms with E-state index in [9.17, 15) is 0 Å². The maximum absolute atomic E-state index is 5.27. The smallest absolute Gasteiger partial charge is 0.133 e. The third-order valence-corrected chi connectivity index (χ3v) is 2.23. The van der Waals surface area contributed by atoms with Gasteiger partial charge in [-0.3, -0.25) is 0 Å². The van der Waals surface area contributed by atoms with Crippen LogP contribution in [0.5, 0.6) is 0 Å². The predicted octanol–water partition coefficient (Wildman–Crippen LogP) is 1.79. The van der Waals surface area contributed by atoms with Crippen molar-refractivity contribution in [3.63, 3.8) is 0 Å². The van der Waals surface area contributed by atoms with Crippen molar-refractivity contribution in [1.29, 1.82) is 0 Å². The Bertz CT molecular complexity index is 363. The van der Waals surface area contributed by atoms with Crippen molar-refractivity contribution in [1.82, 2.24) is 9.97 Å². The van der Waals surface area contributed by atoms with Crippen molar-refractivity contribution in [3.8, 4) is 12.3 Å². The quantitative estimate of drug-likeness (QED) is 0.733. The van der Waals surface area contributed by atoms with E-state index in [4.69, 9.17) is 6.42 Å². The van der Waals surface area contributed by atoms with E-state index in [0.717, 1.165) is 11.6 Å². The van der Waals surface area contributed by atoms with Gasteiger partial charge in [0.1, 0.15) is 11.6 Å². The van der Waals surface area contributed by atoms with E-state index in [-0.39, 0.29) is 6.04 Å². The van der Waals surface area contributed by atoms with Crippen LogP contribution in [0.15, 0.2) is 12.3 Å². The van der Waals surface area contributed by atoms with Crippen molar-refractivity contribution in [3.05, 3.63) is 18.1 Å². The molecular weight excluding hydrogens is 174 g/mol. The van der Waals surface area contributed by atoms with Gasteiger partial charge < -0.3 is 5.32 Å². The minimum atomic E-state index is 0.0111. The molecule has 0 bridgehead atoms. The van der Waals surface area contributed by atoms with E-state index in [1.807, 2.05) is 13.0 Å². The van der Waals surface area contributed by atoms with E-state index in [0.29, 0.717) is 5.92 Å². The maximum Gasteiger partial charge on any atom is 0.133 e. The Morgan fingerprint density at radius 3 is 3.07 bits per heavy atom. The summed E-state index contributed by atoms with van der Waals surface area (Å²) in [4.78, 5) is 8.64. The normalized spacial score (nSPS) is 17.1. The van der Waals surface area contributed by atoms with E-state index in [1.54, 1.807) is 6.20 Å². The number of terminal acetylenes is 1. The molecule has 0 aromatic carbocycles. The molecule has 0 saturated heterocycles. The second-order valence-electron chi connectivity index (χ2n) is 3.61. The first kappa shape index (κ1) is 9.01. The number of hydrogen-bond acceptors (Lipinski definition) is 3. The molecule has 0 radical (unpaired) electrons. The SMILES string of the molecule is C#CC(C)Nc1ccnc(C2CC2)n1. The van der Waals surface area contributed by atoms with Crippen molar-refractivity contribution in [2.24, 2.45) is 0 Å². The summed E-state index contributed by atoms with van der Waals surface area (Å²) in [7, 11) is 0. The van der Waals surface area contributed by atoms with Crippen molar-refractivity contribution < 1.29 is 0 Å². The summed E-state index contributed by atoms with van der Waals surface area (Å²) in [6.45, 7) is 1.93.